The minimum absolute atomic E-state index is 0.0183. The number of amides is 2. The third kappa shape index (κ3) is 8.17. The standard InChI is InChI=1S/C9H20N2O4/c1-2-14-6-3-11(9(10)13)4-7-15-8-5-12/h12H,2-8H2,1H3,(H2,10,13). The van der Waals surface area contributed by atoms with E-state index >= 15 is 0 Å². The van der Waals surface area contributed by atoms with Crippen LogP contribution in [0.15, 0.2) is 0 Å². The summed E-state index contributed by atoms with van der Waals surface area (Å²) in [5, 5.41) is 8.46. The molecular weight excluding hydrogens is 200 g/mol. The van der Waals surface area contributed by atoms with Gasteiger partial charge in [-0.05, 0) is 6.92 Å². The molecule has 0 rings (SSSR count). The molecule has 0 aromatic rings. The van der Waals surface area contributed by atoms with Crippen molar-refractivity contribution in [3.05, 3.63) is 0 Å². The molecule has 0 unspecified atom stereocenters. The van der Waals surface area contributed by atoms with Gasteiger partial charge in [0.25, 0.3) is 0 Å². The van der Waals surface area contributed by atoms with E-state index in [1.165, 1.54) is 4.90 Å². The van der Waals surface area contributed by atoms with E-state index in [4.69, 9.17) is 20.3 Å². The van der Waals surface area contributed by atoms with Gasteiger partial charge in [0, 0.05) is 19.7 Å². The lowest BCUT2D eigenvalue weighted by Gasteiger charge is -2.19. The van der Waals surface area contributed by atoms with Crippen molar-refractivity contribution >= 4 is 6.03 Å². The Morgan fingerprint density at radius 1 is 1.27 bits per heavy atom. The summed E-state index contributed by atoms with van der Waals surface area (Å²) in [6.07, 6.45) is 0. The summed E-state index contributed by atoms with van der Waals surface area (Å²) in [6, 6.07) is -0.484. The second-order valence-corrected chi connectivity index (χ2v) is 2.86. The lowest BCUT2D eigenvalue weighted by molar-refractivity contribution is 0.0703. The SMILES string of the molecule is CCOCCN(CCOCCO)C(N)=O. The number of nitrogens with two attached hydrogens (primary N) is 1. The van der Waals surface area contributed by atoms with E-state index in [0.717, 1.165) is 0 Å². The summed E-state index contributed by atoms with van der Waals surface area (Å²) < 4.78 is 10.1. The zero-order valence-corrected chi connectivity index (χ0v) is 9.15. The first-order chi connectivity index (χ1) is 7.22. The third-order valence-electron chi connectivity index (χ3n) is 1.76. The van der Waals surface area contributed by atoms with Crippen LogP contribution in [0.1, 0.15) is 6.92 Å². The first-order valence-electron chi connectivity index (χ1n) is 5.03. The molecule has 90 valence electrons. The molecule has 0 heterocycles. The second kappa shape index (κ2) is 9.70. The van der Waals surface area contributed by atoms with E-state index in [-0.39, 0.29) is 13.2 Å². The molecule has 6 nitrogen and oxygen atoms in total. The first kappa shape index (κ1) is 14.2. The number of primary amides is 1. The number of rotatable bonds is 9. The van der Waals surface area contributed by atoms with Crippen LogP contribution in [-0.4, -0.2) is 62.2 Å². The Hall–Kier alpha value is -0.850. The fourth-order valence-electron chi connectivity index (χ4n) is 0.993. The number of urea groups is 1. The van der Waals surface area contributed by atoms with Gasteiger partial charge in [-0.25, -0.2) is 4.79 Å². The highest BCUT2D eigenvalue weighted by Crippen LogP contribution is 1.89. The molecule has 3 N–H and O–H groups in total. The lowest BCUT2D eigenvalue weighted by atomic mass is 10.5. The van der Waals surface area contributed by atoms with Gasteiger partial charge in [0.05, 0.1) is 26.4 Å². The molecular formula is C9H20N2O4. The van der Waals surface area contributed by atoms with Gasteiger partial charge in [0.15, 0.2) is 0 Å². The van der Waals surface area contributed by atoms with E-state index < -0.39 is 6.03 Å². The van der Waals surface area contributed by atoms with Crippen LogP contribution >= 0.6 is 0 Å². The smallest absolute Gasteiger partial charge is 0.314 e. The molecule has 0 bridgehead atoms. The number of nitrogens with zero attached hydrogens (tertiary/aromatic N) is 1. The average molecular weight is 220 g/mol. The summed E-state index contributed by atoms with van der Waals surface area (Å²) in [7, 11) is 0. The van der Waals surface area contributed by atoms with Crippen LogP contribution in [0.5, 0.6) is 0 Å². The summed E-state index contributed by atoms with van der Waals surface area (Å²) in [5.41, 5.74) is 5.16. The number of hydrogen-bond donors (Lipinski definition) is 2. The zero-order chi connectivity index (χ0) is 11.5. The second-order valence-electron chi connectivity index (χ2n) is 2.86. The van der Waals surface area contributed by atoms with Crippen molar-refractivity contribution in [2.75, 3.05) is 46.1 Å². The quantitative estimate of drug-likeness (QED) is 0.509. The van der Waals surface area contributed by atoms with Crippen molar-refractivity contribution in [3.63, 3.8) is 0 Å². The fraction of sp³-hybridized carbons (Fsp3) is 0.889. The summed E-state index contributed by atoms with van der Waals surface area (Å²) in [6.45, 7) is 4.49. The highest BCUT2D eigenvalue weighted by atomic mass is 16.5. The summed E-state index contributed by atoms with van der Waals surface area (Å²) in [5.74, 6) is 0. The number of aliphatic hydroxyl groups is 1. The predicted molar refractivity (Wildman–Crippen MR) is 55.6 cm³/mol. The van der Waals surface area contributed by atoms with Gasteiger partial charge in [0.1, 0.15) is 0 Å². The van der Waals surface area contributed by atoms with Crippen LogP contribution in [-0.2, 0) is 9.47 Å². The van der Waals surface area contributed by atoms with Crippen molar-refractivity contribution in [3.8, 4) is 0 Å². The molecule has 0 spiro atoms. The molecule has 0 radical (unpaired) electrons. The highest BCUT2D eigenvalue weighted by molar-refractivity contribution is 5.71. The molecule has 0 aromatic heterocycles. The van der Waals surface area contributed by atoms with Gasteiger partial charge in [0.2, 0.25) is 0 Å². The van der Waals surface area contributed by atoms with Crippen molar-refractivity contribution in [1.82, 2.24) is 4.90 Å². The largest absolute Gasteiger partial charge is 0.394 e. The van der Waals surface area contributed by atoms with Gasteiger partial charge in [-0.2, -0.15) is 0 Å². The molecule has 15 heavy (non-hydrogen) atoms. The number of hydrogen-bond acceptors (Lipinski definition) is 4. The minimum Gasteiger partial charge on any atom is -0.394 e. The monoisotopic (exact) mass is 220 g/mol. The van der Waals surface area contributed by atoms with Gasteiger partial charge in [-0.3, -0.25) is 0 Å². The van der Waals surface area contributed by atoms with E-state index in [9.17, 15) is 4.79 Å². The topological polar surface area (TPSA) is 85.0 Å². The molecule has 6 heteroatoms. The zero-order valence-electron chi connectivity index (χ0n) is 9.15. The normalized spacial score (nSPS) is 10.3. The van der Waals surface area contributed by atoms with Crippen LogP contribution in [0.25, 0.3) is 0 Å². The molecule has 0 fully saturated rings. The Kier molecular flexibility index (Phi) is 9.15. The Bertz CT molecular complexity index is 166. The maximum atomic E-state index is 10.9. The van der Waals surface area contributed by atoms with Crippen molar-refractivity contribution in [2.45, 2.75) is 6.92 Å². The predicted octanol–water partition coefficient (Wildman–Crippen LogP) is -0.587. The number of aliphatic hydroxyl groups excluding tert-OH is 1. The molecule has 2 amide bonds. The van der Waals surface area contributed by atoms with E-state index in [1.54, 1.807) is 0 Å². The molecule has 0 saturated carbocycles. The number of carbonyl (C=O) groups excluding carboxylic acids is 1. The fourth-order valence-corrected chi connectivity index (χ4v) is 0.993. The Labute approximate surface area is 89.9 Å². The Morgan fingerprint density at radius 3 is 2.33 bits per heavy atom. The van der Waals surface area contributed by atoms with Crippen LogP contribution in [0.2, 0.25) is 0 Å². The van der Waals surface area contributed by atoms with Crippen molar-refractivity contribution < 1.29 is 19.4 Å². The lowest BCUT2D eigenvalue weighted by Crippen LogP contribution is -2.40. The highest BCUT2D eigenvalue weighted by Gasteiger charge is 2.08. The molecule has 0 aromatic carbocycles. The first-order valence-corrected chi connectivity index (χ1v) is 5.03. The van der Waals surface area contributed by atoms with Crippen LogP contribution in [0.4, 0.5) is 4.79 Å². The van der Waals surface area contributed by atoms with Gasteiger partial charge in [-0.1, -0.05) is 0 Å². The Morgan fingerprint density at radius 2 is 1.87 bits per heavy atom. The molecule has 0 aliphatic carbocycles. The summed E-state index contributed by atoms with van der Waals surface area (Å²) >= 11 is 0. The maximum absolute atomic E-state index is 10.9. The number of carbonyl (C=O) groups is 1. The van der Waals surface area contributed by atoms with Gasteiger partial charge < -0.3 is 25.2 Å². The number of ether oxygens (including phenoxy) is 2. The van der Waals surface area contributed by atoms with Crippen molar-refractivity contribution in [1.29, 1.82) is 0 Å². The third-order valence-corrected chi connectivity index (χ3v) is 1.76. The molecule has 0 atom stereocenters. The van der Waals surface area contributed by atoms with Crippen molar-refractivity contribution in [2.24, 2.45) is 5.73 Å². The van der Waals surface area contributed by atoms with Crippen LogP contribution < -0.4 is 5.73 Å². The molecule has 0 saturated heterocycles. The average Bonchev–Trinajstić information content (AvgIpc) is 2.21. The van der Waals surface area contributed by atoms with Gasteiger partial charge in [-0.15, -0.1) is 0 Å². The van der Waals surface area contributed by atoms with E-state index in [2.05, 4.69) is 0 Å². The van der Waals surface area contributed by atoms with Crippen LogP contribution in [0.3, 0.4) is 0 Å². The maximum Gasteiger partial charge on any atom is 0.314 e. The molecule has 0 aliphatic rings. The van der Waals surface area contributed by atoms with E-state index in [0.29, 0.717) is 32.9 Å². The minimum atomic E-state index is -0.484. The summed E-state index contributed by atoms with van der Waals surface area (Å²) in [4.78, 5) is 12.4. The Balaban J connectivity index is 3.59. The van der Waals surface area contributed by atoms with Gasteiger partial charge >= 0.3 is 6.03 Å². The van der Waals surface area contributed by atoms with Crippen LogP contribution in [0, 0.1) is 0 Å². The van der Waals surface area contributed by atoms with E-state index in [1.807, 2.05) is 6.92 Å². The molecule has 0 aliphatic heterocycles.